The number of benzene rings is 1. The van der Waals surface area contributed by atoms with Crippen molar-refractivity contribution in [2.24, 2.45) is 0 Å². The first-order valence-electron chi connectivity index (χ1n) is 9.71. The Bertz CT molecular complexity index is 896. The topological polar surface area (TPSA) is 74.8 Å². The Morgan fingerprint density at radius 3 is 2.48 bits per heavy atom. The number of carbonyl (C=O) groups excluding carboxylic acids is 2. The van der Waals surface area contributed by atoms with E-state index in [0.29, 0.717) is 38.0 Å². The van der Waals surface area contributed by atoms with Gasteiger partial charge in [0, 0.05) is 37.1 Å². The van der Waals surface area contributed by atoms with Gasteiger partial charge >= 0.3 is 6.18 Å². The lowest BCUT2D eigenvalue weighted by Crippen LogP contribution is -2.45. The van der Waals surface area contributed by atoms with E-state index in [2.05, 4.69) is 15.2 Å². The normalized spacial score (nSPS) is 15.0. The van der Waals surface area contributed by atoms with Gasteiger partial charge in [-0.05, 0) is 31.2 Å². The number of anilines is 1. The predicted octanol–water partition coefficient (Wildman–Crippen LogP) is 2.88. The van der Waals surface area contributed by atoms with Crippen LogP contribution in [-0.2, 0) is 15.7 Å². The van der Waals surface area contributed by atoms with Gasteiger partial charge in [-0.25, -0.2) is 4.98 Å². The molecule has 1 N–H and O–H groups in total. The monoisotopic (exact) mass is 456 g/mol. The Kier molecular flexibility index (Phi) is 7.63. The molecule has 11 heteroatoms. The lowest BCUT2D eigenvalue weighted by molar-refractivity contribution is -0.137. The number of hydrogen-bond acceptors (Lipinski definition) is 6. The molecular formula is C20H23F3N4O3S. The largest absolute Gasteiger partial charge is 0.416 e. The minimum absolute atomic E-state index is 0.0906. The van der Waals surface area contributed by atoms with E-state index in [1.165, 1.54) is 16.2 Å². The number of alkyl halides is 3. The summed E-state index contributed by atoms with van der Waals surface area (Å²) in [7, 11) is 0. The maximum Gasteiger partial charge on any atom is 0.416 e. The second-order valence-electron chi connectivity index (χ2n) is 7.10. The summed E-state index contributed by atoms with van der Waals surface area (Å²) < 4.78 is 43.8. The number of aryl methyl sites for hydroxylation is 1. The molecule has 2 heterocycles. The Hall–Kier alpha value is -2.50. The maximum absolute atomic E-state index is 13.0. The zero-order valence-corrected chi connectivity index (χ0v) is 17.8. The molecule has 1 aromatic heterocycles. The number of nitrogens with one attached hydrogen (secondary N) is 1. The summed E-state index contributed by atoms with van der Waals surface area (Å²) in [6, 6.07) is 4.00. The predicted molar refractivity (Wildman–Crippen MR) is 110 cm³/mol. The molecule has 0 radical (unpaired) electrons. The summed E-state index contributed by atoms with van der Waals surface area (Å²) in [5, 5.41) is 4.88. The summed E-state index contributed by atoms with van der Waals surface area (Å²) in [6.45, 7) is 4.97. The van der Waals surface area contributed by atoms with Crippen LogP contribution in [0.5, 0.6) is 0 Å². The number of nitrogens with zero attached hydrogens (tertiary/aromatic N) is 3. The van der Waals surface area contributed by atoms with Crippen LogP contribution in [0, 0.1) is 6.92 Å². The van der Waals surface area contributed by atoms with Gasteiger partial charge in [-0.2, -0.15) is 13.2 Å². The van der Waals surface area contributed by atoms with Gasteiger partial charge in [-0.1, -0.05) is 0 Å². The van der Waals surface area contributed by atoms with Crippen molar-refractivity contribution in [1.29, 1.82) is 0 Å². The molecule has 1 aliphatic heterocycles. The minimum atomic E-state index is -4.48. The van der Waals surface area contributed by atoms with E-state index in [0.717, 1.165) is 30.0 Å². The van der Waals surface area contributed by atoms with Crippen molar-refractivity contribution in [3.05, 3.63) is 46.5 Å². The van der Waals surface area contributed by atoms with Crippen LogP contribution in [0.2, 0.25) is 0 Å². The molecule has 31 heavy (non-hydrogen) atoms. The Balaban J connectivity index is 1.70. The van der Waals surface area contributed by atoms with E-state index in [-0.39, 0.29) is 18.7 Å². The minimum Gasteiger partial charge on any atom is -0.379 e. The molecule has 0 aliphatic carbocycles. The fourth-order valence-electron chi connectivity index (χ4n) is 3.07. The van der Waals surface area contributed by atoms with Gasteiger partial charge in [0.2, 0.25) is 5.91 Å². The molecule has 0 saturated carbocycles. The smallest absolute Gasteiger partial charge is 0.379 e. The molecule has 1 fully saturated rings. The van der Waals surface area contributed by atoms with Crippen molar-refractivity contribution in [1.82, 2.24) is 14.8 Å². The maximum atomic E-state index is 13.0. The summed E-state index contributed by atoms with van der Waals surface area (Å²) in [5.41, 5.74) is 0.0268. The quantitative estimate of drug-likeness (QED) is 0.694. The number of thiazole rings is 1. The molecule has 1 saturated heterocycles. The standard InChI is InChI=1S/C20H23F3N4O3S/c1-14-13-31-19(24-14)25-17(28)12-27(7-6-26-8-10-30-11-9-26)18(29)15-2-4-16(5-3-15)20(21,22)23/h2-5,13H,6-12H2,1H3,(H,24,25,28). The van der Waals surface area contributed by atoms with E-state index in [9.17, 15) is 22.8 Å². The number of morpholine rings is 1. The number of halogens is 3. The van der Waals surface area contributed by atoms with Crippen molar-refractivity contribution < 1.29 is 27.5 Å². The van der Waals surface area contributed by atoms with E-state index in [1.54, 1.807) is 12.3 Å². The van der Waals surface area contributed by atoms with Crippen LogP contribution >= 0.6 is 11.3 Å². The molecule has 1 aromatic carbocycles. The first kappa shape index (κ1) is 23.2. The van der Waals surface area contributed by atoms with Crippen molar-refractivity contribution in [3.63, 3.8) is 0 Å². The average Bonchev–Trinajstić information content (AvgIpc) is 3.15. The fourth-order valence-corrected chi connectivity index (χ4v) is 3.77. The first-order chi connectivity index (χ1) is 14.7. The Morgan fingerprint density at radius 2 is 1.90 bits per heavy atom. The average molecular weight is 456 g/mol. The van der Waals surface area contributed by atoms with E-state index < -0.39 is 23.6 Å². The van der Waals surface area contributed by atoms with Crippen LogP contribution in [-0.4, -0.2) is 72.5 Å². The molecule has 168 valence electrons. The number of rotatable bonds is 7. The summed E-state index contributed by atoms with van der Waals surface area (Å²) in [5.74, 6) is -0.927. The van der Waals surface area contributed by atoms with Crippen LogP contribution in [0.4, 0.5) is 18.3 Å². The fraction of sp³-hybridized carbons (Fsp3) is 0.450. The molecule has 0 atom stereocenters. The molecule has 7 nitrogen and oxygen atoms in total. The van der Waals surface area contributed by atoms with Gasteiger partial charge < -0.3 is 15.0 Å². The summed E-state index contributed by atoms with van der Waals surface area (Å²) in [6.07, 6.45) is -4.48. The molecule has 0 unspecified atom stereocenters. The molecule has 2 amide bonds. The Morgan fingerprint density at radius 1 is 1.23 bits per heavy atom. The Labute approximate surface area is 181 Å². The molecule has 2 aromatic rings. The highest BCUT2D eigenvalue weighted by molar-refractivity contribution is 7.13. The van der Waals surface area contributed by atoms with Crippen LogP contribution in [0.3, 0.4) is 0 Å². The second-order valence-corrected chi connectivity index (χ2v) is 7.96. The molecule has 0 bridgehead atoms. The molecule has 3 rings (SSSR count). The van der Waals surface area contributed by atoms with Gasteiger partial charge in [0.05, 0.1) is 24.5 Å². The third-order valence-corrected chi connectivity index (χ3v) is 5.61. The van der Waals surface area contributed by atoms with Gasteiger partial charge in [-0.15, -0.1) is 11.3 Å². The van der Waals surface area contributed by atoms with Gasteiger partial charge in [0.1, 0.15) is 6.54 Å². The van der Waals surface area contributed by atoms with E-state index in [4.69, 9.17) is 4.74 Å². The van der Waals surface area contributed by atoms with Gasteiger partial charge in [0.15, 0.2) is 5.13 Å². The molecule has 0 spiro atoms. The van der Waals surface area contributed by atoms with Gasteiger partial charge in [0.25, 0.3) is 5.91 Å². The van der Waals surface area contributed by atoms with E-state index in [1.807, 2.05) is 0 Å². The zero-order valence-electron chi connectivity index (χ0n) is 16.9. The number of aromatic nitrogens is 1. The SMILES string of the molecule is Cc1csc(NC(=O)CN(CCN2CCOCC2)C(=O)c2ccc(C(F)(F)F)cc2)n1. The number of amides is 2. The summed E-state index contributed by atoms with van der Waals surface area (Å²) >= 11 is 1.27. The highest BCUT2D eigenvalue weighted by Gasteiger charge is 2.30. The number of carbonyl (C=O) groups is 2. The molecular weight excluding hydrogens is 433 g/mol. The van der Waals surface area contributed by atoms with Crippen molar-refractivity contribution >= 4 is 28.3 Å². The molecule has 1 aliphatic rings. The van der Waals surface area contributed by atoms with E-state index >= 15 is 0 Å². The number of ether oxygens (including phenoxy) is 1. The van der Waals surface area contributed by atoms with Crippen molar-refractivity contribution in [2.45, 2.75) is 13.1 Å². The lowest BCUT2D eigenvalue weighted by Gasteiger charge is -2.30. The third kappa shape index (κ3) is 6.74. The highest BCUT2D eigenvalue weighted by atomic mass is 32.1. The third-order valence-electron chi connectivity index (χ3n) is 4.74. The van der Waals surface area contributed by atoms with Gasteiger partial charge in [-0.3, -0.25) is 14.5 Å². The number of hydrogen-bond donors (Lipinski definition) is 1. The highest BCUT2D eigenvalue weighted by Crippen LogP contribution is 2.29. The first-order valence-corrected chi connectivity index (χ1v) is 10.6. The summed E-state index contributed by atoms with van der Waals surface area (Å²) in [4.78, 5) is 33.1. The van der Waals surface area contributed by atoms with Crippen LogP contribution < -0.4 is 5.32 Å². The van der Waals surface area contributed by atoms with Crippen molar-refractivity contribution in [3.8, 4) is 0 Å². The van der Waals surface area contributed by atoms with Crippen molar-refractivity contribution in [2.75, 3.05) is 51.3 Å². The van der Waals surface area contributed by atoms with Crippen LogP contribution in [0.15, 0.2) is 29.6 Å². The second kappa shape index (κ2) is 10.2. The van der Waals surface area contributed by atoms with Crippen LogP contribution in [0.25, 0.3) is 0 Å². The van der Waals surface area contributed by atoms with Crippen LogP contribution in [0.1, 0.15) is 21.6 Å². The zero-order chi connectivity index (χ0) is 22.4. The lowest BCUT2D eigenvalue weighted by atomic mass is 10.1.